The fourth-order valence-electron chi connectivity index (χ4n) is 8.64. The van der Waals surface area contributed by atoms with E-state index in [4.69, 9.17) is 19.4 Å². The molecule has 2 saturated heterocycles. The van der Waals surface area contributed by atoms with Crippen molar-refractivity contribution in [2.75, 3.05) is 27.3 Å². The summed E-state index contributed by atoms with van der Waals surface area (Å²) >= 11 is 0. The third kappa shape index (κ3) is 6.72. The highest BCUT2D eigenvalue weighted by Crippen LogP contribution is 2.45. The summed E-state index contributed by atoms with van der Waals surface area (Å²) in [6.45, 7) is 7.06. The number of carbonyl (C=O) groups is 4. The minimum absolute atomic E-state index is 0.112. The number of hydrogen-bond donors (Lipinski definition) is 4. The van der Waals surface area contributed by atoms with Crippen LogP contribution in [0, 0.1) is 5.92 Å². The van der Waals surface area contributed by atoms with Gasteiger partial charge in [-0.25, -0.2) is 19.6 Å². The molecule has 0 saturated carbocycles. The van der Waals surface area contributed by atoms with E-state index in [0.717, 1.165) is 101 Å². The van der Waals surface area contributed by atoms with Gasteiger partial charge in [0.25, 0.3) is 0 Å². The smallest absolute Gasteiger partial charge is 0.407 e. The van der Waals surface area contributed by atoms with Crippen molar-refractivity contribution in [1.82, 2.24) is 40.4 Å². The molecular weight excluding hydrogens is 716 g/mol. The van der Waals surface area contributed by atoms with Crippen LogP contribution >= 0.6 is 0 Å². The number of rotatable bonds is 8. The van der Waals surface area contributed by atoms with Gasteiger partial charge in [-0.1, -0.05) is 26.0 Å². The number of nitrogens with zero attached hydrogens (tertiary/aromatic N) is 4. The highest BCUT2D eigenvalue weighted by atomic mass is 16.5. The summed E-state index contributed by atoms with van der Waals surface area (Å²) in [5, 5.41) is 5.29. The van der Waals surface area contributed by atoms with Crippen LogP contribution in [0.15, 0.2) is 36.5 Å². The van der Waals surface area contributed by atoms with Crippen molar-refractivity contribution in [2.45, 2.75) is 90.1 Å². The zero-order valence-corrected chi connectivity index (χ0v) is 32.4. The van der Waals surface area contributed by atoms with Gasteiger partial charge in [0.05, 0.1) is 43.9 Å². The maximum absolute atomic E-state index is 13.6. The summed E-state index contributed by atoms with van der Waals surface area (Å²) in [7, 11) is 2.57. The van der Waals surface area contributed by atoms with E-state index in [1.807, 2.05) is 24.9 Å². The molecule has 3 aliphatic heterocycles. The van der Waals surface area contributed by atoms with Gasteiger partial charge >= 0.3 is 12.2 Å². The molecule has 2 fully saturated rings. The Kier molecular flexibility index (Phi) is 9.93. The first-order chi connectivity index (χ1) is 27.0. The van der Waals surface area contributed by atoms with E-state index < -0.39 is 24.3 Å². The molecule has 294 valence electrons. The molecule has 15 nitrogen and oxygen atoms in total. The van der Waals surface area contributed by atoms with Crippen LogP contribution in [-0.2, 0) is 38.5 Å². The summed E-state index contributed by atoms with van der Waals surface area (Å²) in [5.41, 5.74) is 9.23. The molecule has 56 heavy (non-hydrogen) atoms. The van der Waals surface area contributed by atoms with E-state index >= 15 is 0 Å². The molecule has 2 aromatic carbocycles. The van der Waals surface area contributed by atoms with Crippen LogP contribution in [0.4, 0.5) is 9.59 Å². The van der Waals surface area contributed by atoms with E-state index in [0.29, 0.717) is 19.7 Å². The topological polar surface area (TPSA) is 184 Å². The Hall–Kier alpha value is -5.86. The van der Waals surface area contributed by atoms with Gasteiger partial charge in [-0.2, -0.15) is 0 Å². The molecule has 2 aromatic heterocycles. The molecule has 4 aliphatic rings. The van der Waals surface area contributed by atoms with E-state index in [2.05, 4.69) is 55.7 Å². The minimum Gasteiger partial charge on any atom is -0.488 e. The number of H-pyrrole nitrogens is 2. The SMILES string of the molecule is COC(=O)N[C@H](C(=O)N1CCC[C@H]1c1ncc(-c2ccc3c(c2)COc2cc4c(cc2-3)CCc2[nH]c([C@@H]3CCCN3C(=O)[C@@H](C)NC(=O)OC)nc2-4)[nH]1)C(C)C. The van der Waals surface area contributed by atoms with E-state index in [-0.39, 0.29) is 29.8 Å². The van der Waals surface area contributed by atoms with Crippen LogP contribution in [0.3, 0.4) is 0 Å². The Labute approximate surface area is 324 Å². The van der Waals surface area contributed by atoms with Crippen LogP contribution in [0.1, 0.15) is 87.0 Å². The normalized spacial score (nSPS) is 19.2. The quantitative estimate of drug-likeness (QED) is 0.178. The highest BCUT2D eigenvalue weighted by Gasteiger charge is 2.39. The van der Waals surface area contributed by atoms with Crippen molar-refractivity contribution < 1.29 is 33.4 Å². The van der Waals surface area contributed by atoms with Gasteiger partial charge in [-0.15, -0.1) is 0 Å². The second-order valence-electron chi connectivity index (χ2n) is 15.4. The molecule has 5 heterocycles. The molecule has 0 unspecified atom stereocenters. The van der Waals surface area contributed by atoms with Gasteiger partial charge in [0.2, 0.25) is 11.8 Å². The van der Waals surface area contributed by atoms with Gasteiger partial charge in [-0.05, 0) is 91.8 Å². The molecule has 8 rings (SSSR count). The molecule has 4 N–H and O–H groups in total. The number of aromatic amines is 2. The van der Waals surface area contributed by atoms with Crippen molar-refractivity contribution in [1.29, 1.82) is 0 Å². The van der Waals surface area contributed by atoms with Crippen LogP contribution in [0.2, 0.25) is 0 Å². The molecule has 4 atom stereocenters. The lowest BCUT2D eigenvalue weighted by atomic mass is 9.86. The number of hydrogen-bond acceptors (Lipinski definition) is 9. The number of ether oxygens (including phenoxy) is 3. The number of aromatic nitrogens is 4. The number of alkyl carbamates (subject to hydrolysis) is 2. The molecular formula is C41H48N8O7. The zero-order chi connectivity index (χ0) is 39.2. The van der Waals surface area contributed by atoms with Gasteiger partial charge in [0.15, 0.2) is 0 Å². The average Bonchev–Trinajstić information content (AvgIpc) is 4.04. The van der Waals surface area contributed by atoms with Gasteiger partial charge in [0.1, 0.15) is 36.1 Å². The predicted octanol–water partition coefficient (Wildman–Crippen LogP) is 5.58. The molecule has 0 spiro atoms. The number of amides is 4. The van der Waals surface area contributed by atoms with Crippen molar-refractivity contribution in [2.24, 2.45) is 5.92 Å². The summed E-state index contributed by atoms with van der Waals surface area (Å²) in [6, 6.07) is 8.86. The fraction of sp³-hybridized carbons (Fsp3) is 0.463. The van der Waals surface area contributed by atoms with Crippen LogP contribution in [0.25, 0.3) is 33.6 Å². The molecule has 0 radical (unpaired) electrons. The highest BCUT2D eigenvalue weighted by molar-refractivity contribution is 5.87. The number of imidazole rings is 2. The minimum atomic E-state index is -0.713. The molecule has 1 aliphatic carbocycles. The first-order valence-electron chi connectivity index (χ1n) is 19.4. The van der Waals surface area contributed by atoms with E-state index in [1.54, 1.807) is 11.8 Å². The monoisotopic (exact) mass is 764 g/mol. The van der Waals surface area contributed by atoms with Gasteiger partial charge < -0.3 is 44.6 Å². The average molecular weight is 765 g/mol. The van der Waals surface area contributed by atoms with Gasteiger partial charge in [0, 0.05) is 29.9 Å². The Bertz CT molecular complexity index is 2190. The maximum Gasteiger partial charge on any atom is 0.407 e. The van der Waals surface area contributed by atoms with Crippen LogP contribution < -0.4 is 15.4 Å². The summed E-state index contributed by atoms with van der Waals surface area (Å²) in [6.07, 6.45) is 5.44. The van der Waals surface area contributed by atoms with Gasteiger partial charge in [-0.3, -0.25) is 9.59 Å². The van der Waals surface area contributed by atoms with E-state index in [1.165, 1.54) is 19.8 Å². The Morgan fingerprint density at radius 3 is 2.27 bits per heavy atom. The predicted molar refractivity (Wildman–Crippen MR) is 205 cm³/mol. The Balaban J connectivity index is 1.01. The molecule has 4 amide bonds. The standard InChI is InChI=1S/C41H48N8O7/c1-21(2)34(47-41(53)55-5)39(51)49-15-6-8-31(49)36-42-19-30(45-36)24-10-12-26-25(16-24)20-56-33-18-27-23(17-28(26)33)11-13-29-35(27)46-37(44-29)32-9-7-14-48(32)38(50)22(3)43-40(52)54-4/h10,12,16-19,21-22,31-32,34H,6-9,11,13-15,20H2,1-5H3,(H,42,45)(H,43,52)(H,44,46)(H,47,53)/t22-,31+,32+,34+/m1/s1. The largest absolute Gasteiger partial charge is 0.488 e. The summed E-state index contributed by atoms with van der Waals surface area (Å²) in [4.78, 5) is 71.1. The number of benzene rings is 2. The lowest BCUT2D eigenvalue weighted by molar-refractivity contribution is -0.135. The third-order valence-electron chi connectivity index (χ3n) is 11.6. The van der Waals surface area contributed by atoms with Crippen molar-refractivity contribution in [3.8, 4) is 39.4 Å². The first kappa shape index (κ1) is 37.1. The lowest BCUT2D eigenvalue weighted by Gasteiger charge is -2.30. The van der Waals surface area contributed by atoms with Crippen molar-refractivity contribution >= 4 is 24.0 Å². The summed E-state index contributed by atoms with van der Waals surface area (Å²) in [5.74, 6) is 1.87. The first-order valence-corrected chi connectivity index (χ1v) is 19.4. The Morgan fingerprint density at radius 1 is 0.821 bits per heavy atom. The lowest BCUT2D eigenvalue weighted by Crippen LogP contribution is -2.51. The number of methoxy groups -OCH3 is 2. The van der Waals surface area contributed by atoms with E-state index in [9.17, 15) is 19.2 Å². The fourth-order valence-corrected chi connectivity index (χ4v) is 8.64. The number of likely N-dealkylation sites (tertiary alicyclic amines) is 2. The maximum atomic E-state index is 13.6. The summed E-state index contributed by atoms with van der Waals surface area (Å²) < 4.78 is 15.9. The molecule has 0 bridgehead atoms. The van der Waals surface area contributed by atoms with Crippen LogP contribution in [0.5, 0.6) is 5.75 Å². The molecule has 4 aromatic rings. The molecule has 15 heteroatoms. The second kappa shape index (κ2) is 15.0. The number of fused-ring (bicyclic) bond motifs is 6. The van der Waals surface area contributed by atoms with Crippen molar-refractivity contribution in [3.63, 3.8) is 0 Å². The van der Waals surface area contributed by atoms with Crippen LogP contribution in [-0.4, -0.2) is 93.1 Å². The third-order valence-corrected chi connectivity index (χ3v) is 11.6. The number of aryl methyl sites for hydroxylation is 2. The number of nitrogens with one attached hydrogen (secondary N) is 4. The second-order valence-corrected chi connectivity index (χ2v) is 15.4. The van der Waals surface area contributed by atoms with Crippen molar-refractivity contribution in [3.05, 3.63) is 65.0 Å². The zero-order valence-electron chi connectivity index (χ0n) is 32.4. The number of carbonyl (C=O) groups excluding carboxylic acids is 4. The Morgan fingerprint density at radius 2 is 1.54 bits per heavy atom.